The van der Waals surface area contributed by atoms with Crippen molar-refractivity contribution in [3.63, 3.8) is 0 Å². The van der Waals surface area contributed by atoms with E-state index >= 15 is 0 Å². The first-order chi connectivity index (χ1) is 14.9. The van der Waals surface area contributed by atoms with Crippen molar-refractivity contribution in [3.05, 3.63) is 48.4 Å². The highest BCUT2D eigenvalue weighted by Gasteiger charge is 2.31. The Balaban J connectivity index is 1.51. The zero-order valence-electron chi connectivity index (χ0n) is 17.7. The molecule has 1 aliphatic rings. The molecule has 4 atom stereocenters. The molecular formula is C22H26N2O7. The van der Waals surface area contributed by atoms with Gasteiger partial charge in [0.05, 0.1) is 6.10 Å². The van der Waals surface area contributed by atoms with E-state index in [0.717, 1.165) is 5.56 Å². The number of nitrogens with zero attached hydrogens (tertiary/aromatic N) is 2. The molecule has 9 nitrogen and oxygen atoms in total. The highest BCUT2D eigenvalue weighted by molar-refractivity contribution is 5.66. The van der Waals surface area contributed by atoms with Gasteiger partial charge in [-0.1, -0.05) is 35.5 Å². The number of benzene rings is 1. The fraction of sp³-hybridized carbons (Fsp3) is 0.455. The molecular weight excluding hydrogens is 404 g/mol. The predicted octanol–water partition coefficient (Wildman–Crippen LogP) is 2.85. The highest BCUT2D eigenvalue weighted by atomic mass is 16.7. The largest absolute Gasteiger partial charge is 0.463 e. The number of aryl methyl sites for hydroxylation is 1. The summed E-state index contributed by atoms with van der Waals surface area (Å²) in [5, 5.41) is 4.01. The second-order valence-corrected chi connectivity index (χ2v) is 7.17. The van der Waals surface area contributed by atoms with Gasteiger partial charge in [0.15, 0.2) is 6.29 Å². The van der Waals surface area contributed by atoms with Crippen LogP contribution >= 0.6 is 0 Å². The van der Waals surface area contributed by atoms with Crippen LogP contribution in [0, 0.1) is 0 Å². The van der Waals surface area contributed by atoms with Gasteiger partial charge in [0.25, 0.3) is 0 Å². The molecule has 2 heterocycles. The van der Waals surface area contributed by atoms with E-state index in [0.29, 0.717) is 24.6 Å². The van der Waals surface area contributed by atoms with Gasteiger partial charge in [-0.05, 0) is 25.5 Å². The fourth-order valence-electron chi connectivity index (χ4n) is 3.02. The zero-order valence-corrected chi connectivity index (χ0v) is 17.7. The van der Waals surface area contributed by atoms with E-state index in [9.17, 15) is 9.59 Å². The third-order valence-corrected chi connectivity index (χ3v) is 4.52. The van der Waals surface area contributed by atoms with E-state index in [1.54, 1.807) is 12.2 Å². The minimum atomic E-state index is -0.662. The molecule has 0 bridgehead atoms. The smallest absolute Gasteiger partial charge is 0.303 e. The average Bonchev–Trinajstić information content (AvgIpc) is 3.22. The van der Waals surface area contributed by atoms with Gasteiger partial charge in [-0.2, -0.15) is 4.98 Å². The number of hydrogen-bond acceptors (Lipinski definition) is 9. The molecule has 1 aromatic heterocycles. The molecule has 0 saturated heterocycles. The van der Waals surface area contributed by atoms with Gasteiger partial charge in [-0.25, -0.2) is 0 Å². The van der Waals surface area contributed by atoms with Crippen molar-refractivity contribution in [2.45, 2.75) is 58.2 Å². The van der Waals surface area contributed by atoms with Crippen LogP contribution in [0.3, 0.4) is 0 Å². The van der Waals surface area contributed by atoms with Crippen LogP contribution in [0.2, 0.25) is 0 Å². The zero-order chi connectivity index (χ0) is 22.2. The second kappa shape index (κ2) is 10.8. The molecule has 0 unspecified atom stereocenters. The van der Waals surface area contributed by atoms with Crippen LogP contribution in [-0.2, 0) is 35.0 Å². The Morgan fingerprint density at radius 3 is 2.61 bits per heavy atom. The van der Waals surface area contributed by atoms with Crippen LogP contribution in [0.5, 0.6) is 0 Å². The lowest BCUT2D eigenvalue weighted by Gasteiger charge is -2.32. The summed E-state index contributed by atoms with van der Waals surface area (Å²) >= 11 is 0. The van der Waals surface area contributed by atoms with Crippen LogP contribution in [0.25, 0.3) is 11.4 Å². The molecule has 9 heteroatoms. The van der Waals surface area contributed by atoms with Crippen molar-refractivity contribution < 1.29 is 33.1 Å². The third kappa shape index (κ3) is 7.01. The lowest BCUT2D eigenvalue weighted by molar-refractivity contribution is -0.208. The molecule has 1 aromatic carbocycles. The van der Waals surface area contributed by atoms with E-state index in [-0.39, 0.29) is 12.7 Å². The lowest BCUT2D eigenvalue weighted by Crippen LogP contribution is -2.42. The first kappa shape index (κ1) is 22.6. The topological polar surface area (TPSA) is 110 Å². The number of rotatable bonds is 9. The summed E-state index contributed by atoms with van der Waals surface area (Å²) in [5.74, 6) is 0.179. The van der Waals surface area contributed by atoms with Crippen molar-refractivity contribution in [3.8, 4) is 11.4 Å². The maximum Gasteiger partial charge on any atom is 0.303 e. The summed E-state index contributed by atoms with van der Waals surface area (Å²) in [6.45, 7) is 4.47. The minimum Gasteiger partial charge on any atom is -0.463 e. The highest BCUT2D eigenvalue weighted by Crippen LogP contribution is 2.21. The molecule has 31 heavy (non-hydrogen) atoms. The fourth-order valence-corrected chi connectivity index (χ4v) is 3.02. The molecule has 0 radical (unpaired) electrons. The Labute approximate surface area is 180 Å². The number of esters is 2. The maximum absolute atomic E-state index is 11.3. The minimum absolute atomic E-state index is 0.0455. The number of carbonyl (C=O) groups is 2. The quantitative estimate of drug-likeness (QED) is 0.438. The van der Waals surface area contributed by atoms with Gasteiger partial charge in [0, 0.05) is 25.8 Å². The van der Waals surface area contributed by atoms with Crippen molar-refractivity contribution in [2.75, 3.05) is 6.61 Å². The molecule has 0 amide bonds. The van der Waals surface area contributed by atoms with Crippen molar-refractivity contribution in [2.24, 2.45) is 0 Å². The summed E-state index contributed by atoms with van der Waals surface area (Å²) in [5.41, 5.74) is 0.892. The first-order valence-electron chi connectivity index (χ1n) is 10.1. The van der Waals surface area contributed by atoms with E-state index in [1.807, 2.05) is 37.3 Å². The molecule has 2 aromatic rings. The van der Waals surface area contributed by atoms with E-state index in [1.165, 1.54) is 13.8 Å². The van der Waals surface area contributed by atoms with Gasteiger partial charge in [-0.15, -0.1) is 0 Å². The third-order valence-electron chi connectivity index (χ3n) is 4.52. The monoisotopic (exact) mass is 430 g/mol. The Hall–Kier alpha value is -3.04. The summed E-state index contributed by atoms with van der Waals surface area (Å²) in [7, 11) is 0. The van der Waals surface area contributed by atoms with Crippen LogP contribution in [0.4, 0.5) is 0 Å². The van der Waals surface area contributed by atoms with Crippen LogP contribution in [0.15, 0.2) is 47.0 Å². The normalized spacial score (nSPS) is 21.5. The molecule has 1 aliphatic heterocycles. The van der Waals surface area contributed by atoms with Gasteiger partial charge >= 0.3 is 11.9 Å². The van der Waals surface area contributed by atoms with Gasteiger partial charge < -0.3 is 23.5 Å². The van der Waals surface area contributed by atoms with Crippen LogP contribution in [0.1, 0.15) is 33.1 Å². The molecule has 166 valence electrons. The standard InChI is InChI=1S/C22H26N2O7/c1-14(9-11-20-23-22(24-31-20)17-7-5-4-6-8-17)28-21-12-10-18(29-16(3)26)19(30-21)13-27-15(2)25/h4-8,10,12,14,18-19,21H,9,11,13H2,1-3H3/t14-,18-,19+,21-/m0/s1. The predicted molar refractivity (Wildman–Crippen MR) is 109 cm³/mol. The number of hydrogen-bond donors (Lipinski definition) is 0. The van der Waals surface area contributed by atoms with E-state index in [4.69, 9.17) is 23.5 Å². The molecule has 0 fully saturated rings. The summed E-state index contributed by atoms with van der Waals surface area (Å²) in [6.07, 6.45) is 2.39. The van der Waals surface area contributed by atoms with Gasteiger partial charge in [0.2, 0.25) is 11.7 Å². The molecule has 0 saturated carbocycles. The van der Waals surface area contributed by atoms with Crippen LogP contribution in [-0.4, -0.2) is 53.3 Å². The molecule has 0 spiro atoms. The first-order valence-corrected chi connectivity index (χ1v) is 10.1. The summed E-state index contributed by atoms with van der Waals surface area (Å²) in [4.78, 5) is 26.8. The maximum atomic E-state index is 11.3. The average molecular weight is 430 g/mol. The Morgan fingerprint density at radius 2 is 1.90 bits per heavy atom. The molecule has 3 rings (SSSR count). The summed E-state index contributed by atoms with van der Waals surface area (Å²) < 4.78 is 27.3. The SMILES string of the molecule is CC(=O)OC[C@H]1O[C@H](O[C@@H](C)CCc2nc(-c3ccccc3)no2)C=C[C@@H]1OC(C)=O. The van der Waals surface area contributed by atoms with Crippen molar-refractivity contribution in [1.82, 2.24) is 10.1 Å². The van der Waals surface area contributed by atoms with Gasteiger partial charge in [-0.3, -0.25) is 9.59 Å². The van der Waals surface area contributed by atoms with Crippen molar-refractivity contribution in [1.29, 1.82) is 0 Å². The Kier molecular flexibility index (Phi) is 7.91. The number of ether oxygens (including phenoxy) is 4. The number of carbonyl (C=O) groups excluding carboxylic acids is 2. The second-order valence-electron chi connectivity index (χ2n) is 7.17. The van der Waals surface area contributed by atoms with Crippen LogP contribution < -0.4 is 0 Å². The molecule has 0 N–H and O–H groups in total. The lowest BCUT2D eigenvalue weighted by atomic mass is 10.1. The van der Waals surface area contributed by atoms with Crippen molar-refractivity contribution >= 4 is 11.9 Å². The van der Waals surface area contributed by atoms with E-state index < -0.39 is 30.4 Å². The Bertz CT molecular complexity index is 896. The summed E-state index contributed by atoms with van der Waals surface area (Å²) in [6, 6.07) is 9.60. The van der Waals surface area contributed by atoms with E-state index in [2.05, 4.69) is 10.1 Å². The number of aromatic nitrogens is 2. The molecule has 0 aliphatic carbocycles. The van der Waals surface area contributed by atoms with Gasteiger partial charge in [0.1, 0.15) is 18.8 Å². The Morgan fingerprint density at radius 1 is 1.13 bits per heavy atom.